The van der Waals surface area contributed by atoms with Crippen LogP contribution in [-0.4, -0.2) is 40.8 Å². The highest BCUT2D eigenvalue weighted by Gasteiger charge is 2.17. The molecule has 0 atom stereocenters. The van der Waals surface area contributed by atoms with Crippen molar-refractivity contribution >= 4 is 27.3 Å². The maximum Gasteiger partial charge on any atom is 0.309 e. The van der Waals surface area contributed by atoms with Gasteiger partial charge in [0.15, 0.2) is 5.03 Å². The van der Waals surface area contributed by atoms with E-state index >= 15 is 0 Å². The van der Waals surface area contributed by atoms with Gasteiger partial charge in [0, 0.05) is 25.4 Å². The quantitative estimate of drug-likeness (QED) is 0.740. The Labute approximate surface area is 125 Å². The van der Waals surface area contributed by atoms with Crippen LogP contribution in [0.15, 0.2) is 22.7 Å². The third kappa shape index (κ3) is 4.09. The van der Waals surface area contributed by atoms with E-state index in [1.54, 1.807) is 12.4 Å². The SMILES string of the molecule is Cn1nccc1S(=O)(=O)NCCc1nc(CC(=O)O)cs1. The van der Waals surface area contributed by atoms with E-state index in [-0.39, 0.29) is 18.0 Å². The summed E-state index contributed by atoms with van der Waals surface area (Å²) in [6.45, 7) is 0.188. The summed E-state index contributed by atoms with van der Waals surface area (Å²) in [5.41, 5.74) is 0.483. The zero-order valence-electron chi connectivity index (χ0n) is 11.2. The number of carbonyl (C=O) groups is 1. The topological polar surface area (TPSA) is 114 Å². The van der Waals surface area contributed by atoms with Crippen LogP contribution >= 0.6 is 11.3 Å². The molecule has 0 saturated heterocycles. The fourth-order valence-electron chi connectivity index (χ4n) is 1.69. The normalized spacial score (nSPS) is 11.7. The van der Waals surface area contributed by atoms with Crippen molar-refractivity contribution in [2.24, 2.45) is 7.05 Å². The minimum atomic E-state index is -3.60. The number of aromatic nitrogens is 3. The van der Waals surface area contributed by atoms with Gasteiger partial charge >= 0.3 is 5.97 Å². The smallest absolute Gasteiger partial charge is 0.309 e. The van der Waals surface area contributed by atoms with E-state index in [2.05, 4.69) is 14.8 Å². The Balaban J connectivity index is 1.91. The van der Waals surface area contributed by atoms with Crippen LogP contribution in [0.2, 0.25) is 0 Å². The van der Waals surface area contributed by atoms with Crippen molar-refractivity contribution in [3.8, 4) is 0 Å². The van der Waals surface area contributed by atoms with Gasteiger partial charge in [-0.2, -0.15) is 5.10 Å². The number of hydrogen-bond acceptors (Lipinski definition) is 6. The second-order valence-electron chi connectivity index (χ2n) is 4.24. The average Bonchev–Trinajstić information content (AvgIpc) is 2.98. The number of thiazole rings is 1. The molecule has 2 aromatic rings. The molecule has 0 amide bonds. The molecule has 2 aromatic heterocycles. The van der Waals surface area contributed by atoms with Gasteiger partial charge in [-0.1, -0.05) is 0 Å². The Hall–Kier alpha value is -1.78. The molecule has 0 spiro atoms. The summed E-state index contributed by atoms with van der Waals surface area (Å²) >= 11 is 1.32. The van der Waals surface area contributed by atoms with Crippen molar-refractivity contribution in [3.05, 3.63) is 28.3 Å². The van der Waals surface area contributed by atoms with Crippen LogP contribution in [0.1, 0.15) is 10.7 Å². The van der Waals surface area contributed by atoms with Crippen molar-refractivity contribution in [1.82, 2.24) is 19.5 Å². The first-order valence-electron chi connectivity index (χ1n) is 6.01. The van der Waals surface area contributed by atoms with Crippen molar-refractivity contribution in [2.45, 2.75) is 17.9 Å². The Morgan fingerprint density at radius 3 is 2.90 bits per heavy atom. The zero-order valence-corrected chi connectivity index (χ0v) is 12.8. The summed E-state index contributed by atoms with van der Waals surface area (Å²) < 4.78 is 27.7. The molecule has 114 valence electrons. The third-order valence-corrected chi connectivity index (χ3v) is 5.11. The molecule has 0 radical (unpaired) electrons. The molecule has 10 heteroatoms. The molecule has 2 heterocycles. The van der Waals surface area contributed by atoms with Crippen LogP contribution in [0.4, 0.5) is 0 Å². The number of rotatable bonds is 7. The van der Waals surface area contributed by atoms with Gasteiger partial charge in [-0.05, 0) is 6.07 Å². The minimum absolute atomic E-state index is 0.0909. The molecule has 0 fully saturated rings. The zero-order chi connectivity index (χ0) is 15.5. The van der Waals surface area contributed by atoms with Gasteiger partial charge in [0.05, 0.1) is 23.3 Å². The number of carboxylic acid groups (broad SMARTS) is 1. The molecule has 0 bridgehead atoms. The van der Waals surface area contributed by atoms with Crippen LogP contribution in [0.5, 0.6) is 0 Å². The largest absolute Gasteiger partial charge is 0.481 e. The predicted molar refractivity (Wildman–Crippen MR) is 75.6 cm³/mol. The summed E-state index contributed by atoms with van der Waals surface area (Å²) in [6.07, 6.45) is 1.69. The maximum absolute atomic E-state index is 12.0. The third-order valence-electron chi connectivity index (χ3n) is 2.61. The molecule has 8 nitrogen and oxygen atoms in total. The van der Waals surface area contributed by atoms with E-state index in [4.69, 9.17) is 5.11 Å². The highest BCUT2D eigenvalue weighted by Crippen LogP contribution is 2.11. The average molecular weight is 330 g/mol. The molecule has 0 saturated carbocycles. The van der Waals surface area contributed by atoms with Gasteiger partial charge < -0.3 is 5.11 Å². The van der Waals surface area contributed by atoms with Crippen LogP contribution in [0.3, 0.4) is 0 Å². The van der Waals surface area contributed by atoms with Gasteiger partial charge in [-0.3, -0.25) is 9.48 Å². The van der Waals surface area contributed by atoms with E-state index < -0.39 is 16.0 Å². The molecular weight excluding hydrogens is 316 g/mol. The number of nitrogens with zero attached hydrogens (tertiary/aromatic N) is 3. The Bertz CT molecular complexity index is 735. The summed E-state index contributed by atoms with van der Waals surface area (Å²) in [7, 11) is -2.05. The first-order valence-corrected chi connectivity index (χ1v) is 8.37. The number of aliphatic carboxylic acids is 1. The van der Waals surface area contributed by atoms with Crippen molar-refractivity contribution < 1.29 is 18.3 Å². The van der Waals surface area contributed by atoms with Gasteiger partial charge in [-0.15, -0.1) is 11.3 Å². The second-order valence-corrected chi connectivity index (χ2v) is 6.90. The van der Waals surface area contributed by atoms with Gasteiger partial charge in [-0.25, -0.2) is 18.1 Å². The maximum atomic E-state index is 12.0. The standard InChI is InChI=1S/C11H14N4O4S2/c1-15-10(3-4-12-15)21(18,19)13-5-2-9-14-8(7-20-9)6-11(16)17/h3-4,7,13H,2,5-6H2,1H3,(H,16,17). The number of nitrogens with one attached hydrogen (secondary N) is 1. The van der Waals surface area contributed by atoms with Gasteiger partial charge in [0.2, 0.25) is 0 Å². The first-order chi connectivity index (χ1) is 9.88. The van der Waals surface area contributed by atoms with E-state index in [9.17, 15) is 13.2 Å². The molecule has 0 aliphatic rings. The lowest BCUT2D eigenvalue weighted by atomic mass is 10.3. The number of sulfonamides is 1. The molecule has 0 unspecified atom stereocenters. The summed E-state index contributed by atoms with van der Waals surface area (Å²) in [5, 5.41) is 14.9. The van der Waals surface area contributed by atoms with Crippen molar-refractivity contribution in [1.29, 1.82) is 0 Å². The fourth-order valence-corrected chi connectivity index (χ4v) is 3.64. The van der Waals surface area contributed by atoms with E-state index in [0.717, 1.165) is 0 Å². The summed E-state index contributed by atoms with van der Waals surface area (Å²) in [5.74, 6) is -0.941. The van der Waals surface area contributed by atoms with Gasteiger partial charge in [0.1, 0.15) is 0 Å². The fraction of sp³-hybridized carbons (Fsp3) is 0.364. The van der Waals surface area contributed by atoms with Crippen molar-refractivity contribution in [2.75, 3.05) is 6.54 Å². The Morgan fingerprint density at radius 2 is 2.29 bits per heavy atom. The lowest BCUT2D eigenvalue weighted by molar-refractivity contribution is -0.136. The summed E-state index contributed by atoms with van der Waals surface area (Å²) in [4.78, 5) is 14.7. The van der Waals surface area contributed by atoms with E-state index in [1.165, 1.54) is 28.3 Å². The van der Waals surface area contributed by atoms with Crippen molar-refractivity contribution in [3.63, 3.8) is 0 Å². The van der Waals surface area contributed by atoms with Gasteiger partial charge in [0.25, 0.3) is 10.0 Å². The number of aryl methyl sites for hydroxylation is 1. The summed E-state index contributed by atoms with van der Waals surface area (Å²) in [6, 6.07) is 1.41. The van der Waals surface area contributed by atoms with Crippen LogP contribution < -0.4 is 4.72 Å². The number of hydrogen-bond donors (Lipinski definition) is 2. The van der Waals surface area contributed by atoms with E-state index in [0.29, 0.717) is 17.1 Å². The lowest BCUT2D eigenvalue weighted by Crippen LogP contribution is -2.27. The molecule has 2 N–H and O–H groups in total. The highest BCUT2D eigenvalue weighted by molar-refractivity contribution is 7.89. The second kappa shape index (κ2) is 6.33. The Morgan fingerprint density at radius 1 is 1.52 bits per heavy atom. The van der Waals surface area contributed by atoms with Crippen LogP contribution in [-0.2, 0) is 34.7 Å². The van der Waals surface area contributed by atoms with E-state index in [1.807, 2.05) is 0 Å². The van der Waals surface area contributed by atoms with Crippen LogP contribution in [0, 0.1) is 0 Å². The highest BCUT2D eigenvalue weighted by atomic mass is 32.2. The molecule has 2 rings (SSSR count). The molecule has 0 aliphatic carbocycles. The molecular formula is C11H14N4O4S2. The molecule has 0 aliphatic heterocycles. The first kappa shape index (κ1) is 15.6. The predicted octanol–water partition coefficient (Wildman–Crippen LogP) is 0.0247. The Kier molecular flexibility index (Phi) is 4.70. The minimum Gasteiger partial charge on any atom is -0.481 e. The molecule has 0 aromatic carbocycles. The monoisotopic (exact) mass is 330 g/mol. The van der Waals surface area contributed by atoms with Crippen LogP contribution in [0.25, 0.3) is 0 Å². The number of carboxylic acids is 1. The lowest BCUT2D eigenvalue weighted by Gasteiger charge is -2.05. The molecule has 21 heavy (non-hydrogen) atoms.